The van der Waals surface area contributed by atoms with Gasteiger partial charge in [0.1, 0.15) is 22.8 Å². The van der Waals surface area contributed by atoms with Crippen molar-refractivity contribution >= 4 is 11.6 Å². The Hall–Kier alpha value is -6.54. The number of nitrogens with zero attached hydrogens (tertiary/aromatic N) is 10. The molecule has 0 bridgehead atoms. The Balaban J connectivity index is 0.000000124. The first-order valence-electron chi connectivity index (χ1n) is 54.2. The quantitative estimate of drug-likeness (QED) is 0.0847. The molecule has 7 atom stereocenters. The predicted molar refractivity (Wildman–Crippen MR) is 583 cm³/mol. The molecule has 3 aromatic heterocycles. The number of ether oxygens (including phenoxy) is 3. The maximum absolute atomic E-state index is 6.66. The van der Waals surface area contributed by atoms with Crippen molar-refractivity contribution in [3.05, 3.63) is 210 Å². The highest BCUT2D eigenvalue weighted by Crippen LogP contribution is 2.59. The van der Waals surface area contributed by atoms with Gasteiger partial charge in [-0.2, -0.15) is 0 Å². The molecule has 0 saturated carbocycles. The zero-order valence-corrected chi connectivity index (χ0v) is 92.9. The van der Waals surface area contributed by atoms with E-state index in [0.29, 0.717) is 15.9 Å². The van der Waals surface area contributed by atoms with E-state index in [0.717, 1.165) is 147 Å². The molecule has 21 heteroatoms. The second kappa shape index (κ2) is 41.2. The van der Waals surface area contributed by atoms with Crippen molar-refractivity contribution in [1.29, 1.82) is 0 Å². The van der Waals surface area contributed by atoms with E-state index in [1.165, 1.54) is 180 Å². The normalized spacial score (nSPS) is 25.7. The number of methoxy groups -OCH3 is 2. The van der Waals surface area contributed by atoms with Crippen LogP contribution in [-0.2, 0) is 38.5 Å². The molecule has 14 N–H and O–H groups in total. The first-order valence-corrected chi connectivity index (χ1v) is 54.6. The maximum Gasteiger partial charge on any atom is 0.137 e. The molecule has 11 heterocycles. The van der Waals surface area contributed by atoms with E-state index in [2.05, 4.69) is 300 Å². The highest BCUT2D eigenvalue weighted by Gasteiger charge is 2.56. The zero-order chi connectivity index (χ0) is 102. The molecular formula is C120H186ClN17O3. The minimum atomic E-state index is -0.183. The number of aryl methyl sites for hydroxylation is 3. The molecule has 21 rings (SSSR count). The average Bonchev–Trinajstić information content (AvgIpc) is 1.60. The van der Waals surface area contributed by atoms with Crippen LogP contribution in [0, 0.1) is 53.3 Å². The summed E-state index contributed by atoms with van der Waals surface area (Å²) in [5.41, 5.74) is 70.1. The van der Waals surface area contributed by atoms with Gasteiger partial charge in [-0.1, -0.05) is 83.9 Å². The first-order chi connectivity index (χ1) is 65.9. The highest BCUT2D eigenvalue weighted by molar-refractivity contribution is 6.32. The lowest BCUT2D eigenvalue weighted by molar-refractivity contribution is -0.0237. The fraction of sp³-hybridized carbons (Fsp3) is 0.675. The first kappa shape index (κ1) is 109. The van der Waals surface area contributed by atoms with Crippen molar-refractivity contribution in [2.45, 2.75) is 381 Å². The standard InChI is InChI=1S/C18H27ClN2O.C18H28N2.C17H27N3O.C17H27N3.C17H26N2O.C17H26N2.C16H25N3/c1-17(2,3)21-7-5-18(6-8-21)11-12-9-15(22-4)14(19)10-13(12)16(18)20;1-13-5-6-14-12-18(16(19)15(14)11-13)7-9-20(10-8-18)17(2,3)4;1-16(2,3)20-7-5-17(6-8-20)10-14-13(15(17)18)9-12(21-4)11-19-14;1-12-9-13-14(19-11-12)10-17(15(13)18)5-7-20(8-6-17)16(2,3)4;1-12-5-6-13-14(11-12)20-17(15(13)18)7-9-19(10-8-17)16(2,3)4;1-16(2,3)19-10-8-17(9-11-19)12-13-6-4-5-7-14(13)15(17)18;1-15(2,3)19-9-6-16(7-10-19)11-13-12(14(16)17)5-4-8-18-13/h9-10,16H,5-8,11,20H2,1-4H3;5-6,11,16H,7-10,12,19H2,1-4H3;9,11,15H,5-8,10,18H2,1-4H3;9,11,15H,5-8,10,18H2,1-4H3;5-6,11,15H,7-10,18H2,1-4H3;4-7,15H,8-12,18H2,1-3H3;4-5,8,14H,6-7,9-11,17H2,1-3H3/t2*16-;4*15-;14-/m0111101/s1. The summed E-state index contributed by atoms with van der Waals surface area (Å²) in [6.45, 7) is 70.6. The van der Waals surface area contributed by atoms with Crippen LogP contribution in [-0.4, -0.2) is 199 Å². The highest BCUT2D eigenvalue weighted by atomic mass is 35.5. The second-order valence-electron chi connectivity index (χ2n) is 53.0. The second-order valence-corrected chi connectivity index (χ2v) is 53.4. The van der Waals surface area contributed by atoms with E-state index in [1.807, 2.05) is 30.7 Å². The van der Waals surface area contributed by atoms with Crippen LogP contribution in [0.4, 0.5) is 0 Å². The van der Waals surface area contributed by atoms with E-state index in [9.17, 15) is 0 Å². The number of benzene rings is 4. The van der Waals surface area contributed by atoms with Gasteiger partial charge in [0.05, 0.1) is 31.5 Å². The fourth-order valence-corrected chi connectivity index (χ4v) is 27.5. The third-order valence-corrected chi connectivity index (χ3v) is 37.7. The summed E-state index contributed by atoms with van der Waals surface area (Å²) in [6, 6.07) is 35.6. The summed E-state index contributed by atoms with van der Waals surface area (Å²) < 4.78 is 17.0. The van der Waals surface area contributed by atoms with Crippen molar-refractivity contribution < 1.29 is 14.2 Å². The van der Waals surface area contributed by atoms with Crippen LogP contribution in [0.15, 0.2) is 116 Å². The Morgan fingerprint density at radius 2 is 0.617 bits per heavy atom. The molecule has 7 aromatic rings. The molecule has 8 aliphatic heterocycles. The SMILES string of the molecule is CC(C)(C)N1CCC2(CC1)Cc1ccccc1[C@@H]2N.CC(C)(C)N1CCC2(CC1)Cc1ncccc1[C@H]2N.COc1cc2c(cc1Cl)[C@H](N)C1(CCN(C(C)(C)C)CC1)C2.COc1cnc2c(c1)[C@@H](N)C1(CCN(C(C)(C)C)CC1)C2.Cc1ccc2c(c1)OC1(CCN(C(C)(C)C)CC1)[C@@H]2N.Cc1ccc2c(c1)[C@@H](N)C1(CCN(C(C)(C)C)CC1)C2.Cc1cnc2c(c1)[C@@H](N)C1(CCN(C(C)(C)C)CC1)C2. The topological polar surface area (TPSA) is 271 Å². The molecule has 7 saturated heterocycles. The van der Waals surface area contributed by atoms with Crippen molar-refractivity contribution in [1.82, 2.24) is 49.3 Å². The van der Waals surface area contributed by atoms with E-state index >= 15 is 0 Å². The molecule has 776 valence electrons. The van der Waals surface area contributed by atoms with Crippen molar-refractivity contribution in [2.24, 2.45) is 72.6 Å². The number of nitrogens with two attached hydrogens (primary N) is 7. The summed E-state index contributed by atoms with van der Waals surface area (Å²) >= 11 is 6.29. The Kier molecular flexibility index (Phi) is 31.7. The number of likely N-dealkylation sites (tertiary alicyclic amines) is 7. The van der Waals surface area contributed by atoms with E-state index in [-0.39, 0.29) is 108 Å². The maximum atomic E-state index is 6.66. The molecule has 0 amide bonds. The molecule has 4 aromatic carbocycles. The fourth-order valence-electron chi connectivity index (χ4n) is 27.3. The van der Waals surface area contributed by atoms with Crippen LogP contribution in [0.25, 0.3) is 0 Å². The van der Waals surface area contributed by atoms with E-state index < -0.39 is 0 Å². The molecule has 6 aliphatic carbocycles. The van der Waals surface area contributed by atoms with Gasteiger partial charge in [-0.05, 0) is 484 Å². The van der Waals surface area contributed by atoms with Crippen molar-refractivity contribution in [3.63, 3.8) is 0 Å². The third kappa shape index (κ3) is 22.7. The number of fused-ring (bicyclic) bond motifs is 7. The summed E-state index contributed by atoms with van der Waals surface area (Å²) in [5.74, 6) is 2.58. The Morgan fingerprint density at radius 1 is 0.298 bits per heavy atom. The minimum absolute atomic E-state index is 0.0141. The Bertz CT molecular complexity index is 5210. The summed E-state index contributed by atoms with van der Waals surface area (Å²) in [6.07, 6.45) is 28.6. The van der Waals surface area contributed by atoms with Crippen LogP contribution in [0.5, 0.6) is 17.2 Å². The van der Waals surface area contributed by atoms with Crippen molar-refractivity contribution in [2.75, 3.05) is 106 Å². The monoisotopic (exact) mass is 1950 g/mol. The van der Waals surface area contributed by atoms with Gasteiger partial charge in [0.2, 0.25) is 0 Å². The Labute approximate surface area is 856 Å². The molecule has 14 aliphatic rings. The van der Waals surface area contributed by atoms with Crippen LogP contribution >= 0.6 is 11.6 Å². The van der Waals surface area contributed by atoms with Gasteiger partial charge in [-0.3, -0.25) is 49.3 Å². The zero-order valence-electron chi connectivity index (χ0n) is 92.2. The van der Waals surface area contributed by atoms with Gasteiger partial charge >= 0.3 is 0 Å². The summed E-state index contributed by atoms with van der Waals surface area (Å²) in [4.78, 5) is 31.8. The lowest BCUT2D eigenvalue weighted by Crippen LogP contribution is -2.55. The van der Waals surface area contributed by atoms with Gasteiger partial charge in [0, 0.05) is 136 Å². The van der Waals surface area contributed by atoms with E-state index in [1.54, 1.807) is 14.2 Å². The third-order valence-electron chi connectivity index (χ3n) is 37.4. The van der Waals surface area contributed by atoms with Crippen LogP contribution in [0.2, 0.25) is 5.02 Å². The molecule has 7 spiro atoms. The molecule has 0 unspecified atom stereocenters. The van der Waals surface area contributed by atoms with Crippen molar-refractivity contribution in [3.8, 4) is 17.2 Å². The smallest absolute Gasteiger partial charge is 0.137 e. The van der Waals surface area contributed by atoms with Gasteiger partial charge in [-0.15, -0.1) is 0 Å². The molecule has 20 nitrogen and oxygen atoms in total. The number of rotatable bonds is 2. The summed E-state index contributed by atoms with van der Waals surface area (Å²) in [5, 5.41) is 0.667. The predicted octanol–water partition coefficient (Wildman–Crippen LogP) is 21.2. The lowest BCUT2D eigenvalue weighted by Gasteiger charge is -2.47. The Morgan fingerprint density at radius 3 is 1.01 bits per heavy atom. The van der Waals surface area contributed by atoms with E-state index in [4.69, 9.17) is 65.9 Å². The number of halogens is 1. The molecule has 0 radical (unpaired) electrons. The number of pyridine rings is 3. The van der Waals surface area contributed by atoms with Gasteiger partial charge in [0.25, 0.3) is 0 Å². The number of aromatic nitrogens is 3. The number of piperidine rings is 7. The number of hydrogen-bond acceptors (Lipinski definition) is 20. The summed E-state index contributed by atoms with van der Waals surface area (Å²) in [7, 11) is 3.35. The van der Waals surface area contributed by atoms with Crippen LogP contribution in [0.1, 0.15) is 367 Å². The minimum Gasteiger partial charge on any atom is -0.495 e. The number of hydrogen-bond donors (Lipinski definition) is 7. The average molecular weight is 1950 g/mol. The molecule has 7 fully saturated rings. The molecular weight excluding hydrogens is 1760 g/mol. The molecule has 141 heavy (non-hydrogen) atoms. The van der Waals surface area contributed by atoms with Crippen LogP contribution in [0.3, 0.4) is 0 Å². The lowest BCUT2D eigenvalue weighted by atomic mass is 9.72. The van der Waals surface area contributed by atoms with Gasteiger partial charge in [0.15, 0.2) is 0 Å². The van der Waals surface area contributed by atoms with Crippen LogP contribution < -0.4 is 54.3 Å². The van der Waals surface area contributed by atoms with Gasteiger partial charge < -0.3 is 54.3 Å². The van der Waals surface area contributed by atoms with Gasteiger partial charge in [-0.25, -0.2) is 0 Å². The largest absolute Gasteiger partial charge is 0.495 e.